The Bertz CT molecular complexity index is 452. The molecule has 2 aliphatic heterocycles. The van der Waals surface area contributed by atoms with E-state index in [0.29, 0.717) is 13.1 Å². The third-order valence-electron chi connectivity index (χ3n) is 4.63. The van der Waals surface area contributed by atoms with Crippen LogP contribution in [-0.4, -0.2) is 46.5 Å². The van der Waals surface area contributed by atoms with E-state index in [0.717, 1.165) is 25.7 Å². The largest absolute Gasteiger partial charge is 0.281 e. The summed E-state index contributed by atoms with van der Waals surface area (Å²) < 4.78 is 0. The average molecular weight is 308 g/mol. The van der Waals surface area contributed by atoms with E-state index >= 15 is 0 Å². The van der Waals surface area contributed by atoms with Crippen LogP contribution in [0.3, 0.4) is 0 Å². The maximum absolute atomic E-state index is 11.7. The number of nitrogens with zero attached hydrogens (tertiary/aromatic N) is 2. The molecule has 2 saturated heterocycles. The first-order valence-corrected chi connectivity index (χ1v) is 7.84. The molecule has 122 valence electrons. The molecule has 0 aromatic heterocycles. The summed E-state index contributed by atoms with van der Waals surface area (Å²) in [7, 11) is 0. The van der Waals surface area contributed by atoms with E-state index in [1.165, 1.54) is 9.80 Å². The van der Waals surface area contributed by atoms with E-state index in [2.05, 4.69) is 0 Å². The monoisotopic (exact) mass is 308 g/mol. The number of amides is 4. The summed E-state index contributed by atoms with van der Waals surface area (Å²) in [5.74, 6) is -0.402. The molecule has 0 aliphatic carbocycles. The van der Waals surface area contributed by atoms with Gasteiger partial charge in [0.05, 0.1) is 0 Å². The van der Waals surface area contributed by atoms with Crippen molar-refractivity contribution in [3.8, 4) is 0 Å². The maximum atomic E-state index is 11.7. The van der Waals surface area contributed by atoms with Crippen LogP contribution < -0.4 is 0 Å². The molecule has 22 heavy (non-hydrogen) atoms. The topological polar surface area (TPSA) is 74.8 Å². The van der Waals surface area contributed by atoms with Crippen molar-refractivity contribution in [1.82, 2.24) is 9.80 Å². The van der Waals surface area contributed by atoms with Crippen LogP contribution >= 0.6 is 0 Å². The van der Waals surface area contributed by atoms with Crippen LogP contribution in [0.25, 0.3) is 0 Å². The number of likely N-dealkylation sites (tertiary alicyclic amines) is 2. The second-order valence-corrected chi connectivity index (χ2v) is 7.19. The van der Waals surface area contributed by atoms with Crippen molar-refractivity contribution in [2.75, 3.05) is 13.1 Å². The zero-order valence-corrected chi connectivity index (χ0v) is 13.8. The highest BCUT2D eigenvalue weighted by Gasteiger charge is 2.54. The molecule has 0 radical (unpaired) electrons. The van der Waals surface area contributed by atoms with Gasteiger partial charge < -0.3 is 0 Å². The first-order valence-electron chi connectivity index (χ1n) is 7.84. The molecule has 0 bridgehead atoms. The van der Waals surface area contributed by atoms with Gasteiger partial charge >= 0.3 is 0 Å². The molecule has 2 fully saturated rings. The Morgan fingerprint density at radius 1 is 0.591 bits per heavy atom. The van der Waals surface area contributed by atoms with Gasteiger partial charge in [-0.05, 0) is 40.5 Å². The molecule has 0 saturated carbocycles. The number of imide groups is 2. The molecular weight excluding hydrogens is 284 g/mol. The fourth-order valence-electron chi connectivity index (χ4n) is 2.91. The number of carbonyl (C=O) groups is 4. The molecule has 4 amide bonds. The number of hydrogen-bond donors (Lipinski definition) is 0. The average Bonchev–Trinajstić information content (AvgIpc) is 2.48. The summed E-state index contributed by atoms with van der Waals surface area (Å²) in [5.41, 5.74) is -1.68. The fourth-order valence-corrected chi connectivity index (χ4v) is 2.91. The zero-order chi connectivity index (χ0) is 16.7. The number of β-lactam (4-membered cyclic amide) rings is 4. The second-order valence-electron chi connectivity index (χ2n) is 7.19. The first kappa shape index (κ1) is 16.6. The summed E-state index contributed by atoms with van der Waals surface area (Å²) in [5, 5.41) is 0. The highest BCUT2D eigenvalue weighted by molar-refractivity contribution is 6.21. The normalized spacial score (nSPS) is 22.7. The molecule has 6 heteroatoms. The van der Waals surface area contributed by atoms with Crippen LogP contribution in [0, 0.1) is 10.8 Å². The van der Waals surface area contributed by atoms with E-state index in [1.807, 2.05) is 0 Å². The standard InChI is InChI=1S/C16H24N2O4/c1-15(2)11(19)17(12(15)20)9-7-5-6-8-10-18-13(21)16(3,4)14(18)22/h5-10H2,1-4H3. The van der Waals surface area contributed by atoms with E-state index in [1.54, 1.807) is 27.7 Å². The molecule has 2 aliphatic rings. The SMILES string of the molecule is CC1(C)C(=O)N(CCCCCCN2C(=O)C(C)(C)C2=O)C1=O. The molecule has 0 unspecified atom stereocenters. The molecule has 2 rings (SSSR count). The molecule has 2 heterocycles. The van der Waals surface area contributed by atoms with Crippen molar-refractivity contribution >= 4 is 23.6 Å². The van der Waals surface area contributed by atoms with Gasteiger partial charge in [0.15, 0.2) is 0 Å². The molecule has 0 aromatic carbocycles. The van der Waals surface area contributed by atoms with Gasteiger partial charge in [0, 0.05) is 13.1 Å². The minimum Gasteiger partial charge on any atom is -0.281 e. The zero-order valence-electron chi connectivity index (χ0n) is 13.8. The molecule has 6 nitrogen and oxygen atoms in total. The molecule has 0 aromatic rings. The van der Waals surface area contributed by atoms with Crippen LogP contribution in [0.1, 0.15) is 53.4 Å². The van der Waals surface area contributed by atoms with E-state index in [9.17, 15) is 19.2 Å². The van der Waals surface area contributed by atoms with Gasteiger partial charge in [0.1, 0.15) is 10.8 Å². The minimum absolute atomic E-state index is 0.100. The highest BCUT2D eigenvalue weighted by Crippen LogP contribution is 2.33. The molecule has 0 spiro atoms. The minimum atomic E-state index is -0.842. The lowest BCUT2D eigenvalue weighted by atomic mass is 9.81. The van der Waals surface area contributed by atoms with Crippen molar-refractivity contribution in [2.24, 2.45) is 10.8 Å². The van der Waals surface area contributed by atoms with E-state index in [-0.39, 0.29) is 23.6 Å². The number of hydrogen-bond acceptors (Lipinski definition) is 4. The lowest BCUT2D eigenvalue weighted by molar-refractivity contribution is -0.175. The first-order chi connectivity index (χ1) is 10.1. The Labute approximate surface area is 130 Å². The number of carbonyl (C=O) groups excluding carboxylic acids is 4. The Kier molecular flexibility index (Phi) is 4.15. The maximum Gasteiger partial charge on any atom is 0.244 e. The van der Waals surface area contributed by atoms with Gasteiger partial charge in [-0.15, -0.1) is 0 Å². The Morgan fingerprint density at radius 2 is 0.864 bits per heavy atom. The third-order valence-corrected chi connectivity index (χ3v) is 4.63. The number of rotatable bonds is 7. The Balaban J connectivity index is 1.58. The fraction of sp³-hybridized carbons (Fsp3) is 0.750. The van der Waals surface area contributed by atoms with Gasteiger partial charge in [-0.3, -0.25) is 29.0 Å². The van der Waals surface area contributed by atoms with Crippen LogP contribution in [0.5, 0.6) is 0 Å². The van der Waals surface area contributed by atoms with Crippen molar-refractivity contribution in [3.63, 3.8) is 0 Å². The summed E-state index contributed by atoms with van der Waals surface area (Å²) in [4.78, 5) is 49.4. The lowest BCUT2D eigenvalue weighted by Gasteiger charge is -2.42. The van der Waals surface area contributed by atoms with Crippen molar-refractivity contribution in [2.45, 2.75) is 53.4 Å². The van der Waals surface area contributed by atoms with E-state index < -0.39 is 10.8 Å². The van der Waals surface area contributed by atoms with Crippen LogP contribution in [-0.2, 0) is 19.2 Å². The highest BCUT2D eigenvalue weighted by atomic mass is 16.2. The Morgan fingerprint density at radius 3 is 1.14 bits per heavy atom. The molecule has 0 N–H and O–H groups in total. The van der Waals surface area contributed by atoms with E-state index in [4.69, 9.17) is 0 Å². The van der Waals surface area contributed by atoms with Gasteiger partial charge in [0.25, 0.3) is 0 Å². The quantitative estimate of drug-likeness (QED) is 0.404. The van der Waals surface area contributed by atoms with Gasteiger partial charge in [0.2, 0.25) is 23.6 Å². The van der Waals surface area contributed by atoms with Crippen molar-refractivity contribution < 1.29 is 19.2 Å². The molecule has 0 atom stereocenters. The lowest BCUT2D eigenvalue weighted by Crippen LogP contribution is -2.63. The predicted molar refractivity (Wildman–Crippen MR) is 79.5 cm³/mol. The summed E-state index contributed by atoms with van der Waals surface area (Å²) in [6.07, 6.45) is 3.27. The summed E-state index contributed by atoms with van der Waals surface area (Å²) in [6, 6.07) is 0. The molecular formula is C16H24N2O4. The van der Waals surface area contributed by atoms with Gasteiger partial charge in [-0.1, -0.05) is 12.8 Å². The van der Waals surface area contributed by atoms with Crippen molar-refractivity contribution in [3.05, 3.63) is 0 Å². The van der Waals surface area contributed by atoms with Crippen LogP contribution in [0.2, 0.25) is 0 Å². The van der Waals surface area contributed by atoms with Gasteiger partial charge in [-0.2, -0.15) is 0 Å². The van der Waals surface area contributed by atoms with Crippen LogP contribution in [0.15, 0.2) is 0 Å². The van der Waals surface area contributed by atoms with Crippen molar-refractivity contribution in [1.29, 1.82) is 0 Å². The van der Waals surface area contributed by atoms with Gasteiger partial charge in [-0.25, -0.2) is 0 Å². The summed E-state index contributed by atoms with van der Waals surface area (Å²) >= 11 is 0. The third kappa shape index (κ3) is 2.44. The number of unbranched alkanes of at least 4 members (excludes halogenated alkanes) is 3. The van der Waals surface area contributed by atoms with Crippen LogP contribution in [0.4, 0.5) is 0 Å². The second kappa shape index (κ2) is 5.48. The Hall–Kier alpha value is -1.72. The predicted octanol–water partition coefficient (Wildman–Crippen LogP) is 1.34. The smallest absolute Gasteiger partial charge is 0.244 e. The summed E-state index contributed by atoms with van der Waals surface area (Å²) in [6.45, 7) is 7.53.